The standard InChI is InChI=1S/C15H23N3O2S/c19-21(20)12-18-7-5-17(6-8-18)11-15-9-13-3-1-2-4-14(13)10-16-15/h1-4,15-16,21H,5-12H2/t15-/m0/s1. The molecule has 2 heterocycles. The Morgan fingerprint density at radius 1 is 1.05 bits per heavy atom. The van der Waals surface area contributed by atoms with Crippen molar-refractivity contribution in [2.45, 2.75) is 19.0 Å². The van der Waals surface area contributed by atoms with E-state index >= 15 is 0 Å². The van der Waals surface area contributed by atoms with E-state index < -0.39 is 10.7 Å². The number of hydrogen-bond donors (Lipinski definition) is 2. The summed E-state index contributed by atoms with van der Waals surface area (Å²) in [4.78, 5) is 4.46. The number of nitrogens with zero attached hydrogens (tertiary/aromatic N) is 2. The van der Waals surface area contributed by atoms with Gasteiger partial charge in [-0.15, -0.1) is 0 Å². The Kier molecular flexibility index (Phi) is 4.90. The number of hydrogen-bond acceptors (Lipinski definition) is 5. The van der Waals surface area contributed by atoms with Crippen LogP contribution in [0, 0.1) is 0 Å². The number of benzene rings is 1. The summed E-state index contributed by atoms with van der Waals surface area (Å²) in [5.74, 6) is 0.207. The highest BCUT2D eigenvalue weighted by Gasteiger charge is 2.23. The molecule has 1 N–H and O–H groups in total. The molecule has 0 radical (unpaired) electrons. The van der Waals surface area contributed by atoms with Gasteiger partial charge in [-0.1, -0.05) is 24.3 Å². The van der Waals surface area contributed by atoms with Crippen molar-refractivity contribution in [3.63, 3.8) is 0 Å². The van der Waals surface area contributed by atoms with Crippen molar-refractivity contribution < 1.29 is 8.42 Å². The molecule has 2 aliphatic rings. The summed E-state index contributed by atoms with van der Waals surface area (Å²) in [7, 11) is -2.29. The van der Waals surface area contributed by atoms with Crippen molar-refractivity contribution in [1.29, 1.82) is 0 Å². The number of fused-ring (bicyclic) bond motifs is 1. The fourth-order valence-corrected chi connectivity index (χ4v) is 3.85. The van der Waals surface area contributed by atoms with Gasteiger partial charge < -0.3 is 5.32 Å². The fourth-order valence-electron chi connectivity index (χ4n) is 3.24. The molecular weight excluding hydrogens is 286 g/mol. The van der Waals surface area contributed by atoms with Gasteiger partial charge in [-0.25, -0.2) is 8.42 Å². The Balaban J connectivity index is 1.48. The first-order chi connectivity index (χ1) is 10.2. The Morgan fingerprint density at radius 2 is 1.71 bits per heavy atom. The molecule has 0 aromatic heterocycles. The molecule has 3 rings (SSSR count). The molecule has 0 unspecified atom stereocenters. The van der Waals surface area contributed by atoms with Gasteiger partial charge in [-0.2, -0.15) is 0 Å². The van der Waals surface area contributed by atoms with Gasteiger partial charge in [-0.3, -0.25) is 9.80 Å². The topological polar surface area (TPSA) is 52.7 Å². The first-order valence-electron chi connectivity index (χ1n) is 7.57. The molecule has 0 bridgehead atoms. The van der Waals surface area contributed by atoms with E-state index in [1.54, 1.807) is 0 Å². The zero-order valence-corrected chi connectivity index (χ0v) is 13.1. The molecule has 6 heteroatoms. The van der Waals surface area contributed by atoms with Crippen LogP contribution < -0.4 is 5.32 Å². The van der Waals surface area contributed by atoms with E-state index in [0.29, 0.717) is 6.04 Å². The van der Waals surface area contributed by atoms with Crippen molar-refractivity contribution in [3.8, 4) is 0 Å². The maximum atomic E-state index is 10.8. The molecule has 1 saturated heterocycles. The van der Waals surface area contributed by atoms with Gasteiger partial charge in [0, 0.05) is 45.3 Å². The second kappa shape index (κ2) is 6.87. The third-order valence-corrected chi connectivity index (χ3v) is 5.06. The van der Waals surface area contributed by atoms with Crippen LogP contribution in [0.2, 0.25) is 0 Å². The summed E-state index contributed by atoms with van der Waals surface area (Å²) in [5, 5.41) is 3.61. The minimum absolute atomic E-state index is 0.207. The lowest BCUT2D eigenvalue weighted by Gasteiger charge is -2.37. The highest BCUT2D eigenvalue weighted by Crippen LogP contribution is 2.17. The first kappa shape index (κ1) is 15.0. The van der Waals surface area contributed by atoms with Crippen LogP contribution in [0.5, 0.6) is 0 Å². The molecule has 0 spiro atoms. The predicted octanol–water partition coefficient (Wildman–Crippen LogP) is -0.113. The highest BCUT2D eigenvalue weighted by molar-refractivity contribution is 7.72. The van der Waals surface area contributed by atoms with E-state index in [1.807, 2.05) is 4.90 Å². The quantitative estimate of drug-likeness (QED) is 0.760. The second-order valence-corrected chi connectivity index (χ2v) is 6.89. The molecule has 21 heavy (non-hydrogen) atoms. The maximum Gasteiger partial charge on any atom is 0.153 e. The van der Waals surface area contributed by atoms with Crippen LogP contribution in [-0.2, 0) is 23.7 Å². The van der Waals surface area contributed by atoms with Gasteiger partial charge in [0.05, 0.1) is 5.88 Å². The molecule has 116 valence electrons. The summed E-state index contributed by atoms with van der Waals surface area (Å²) >= 11 is 0. The fraction of sp³-hybridized carbons (Fsp3) is 0.600. The van der Waals surface area contributed by atoms with Gasteiger partial charge in [0.25, 0.3) is 0 Å². The molecular formula is C15H23N3O2S. The van der Waals surface area contributed by atoms with Gasteiger partial charge in [0.2, 0.25) is 0 Å². The van der Waals surface area contributed by atoms with Crippen LogP contribution in [0.4, 0.5) is 0 Å². The second-order valence-electron chi connectivity index (χ2n) is 5.94. The zero-order chi connectivity index (χ0) is 14.7. The van der Waals surface area contributed by atoms with Gasteiger partial charge in [0.15, 0.2) is 10.7 Å². The maximum absolute atomic E-state index is 10.8. The van der Waals surface area contributed by atoms with E-state index in [4.69, 9.17) is 0 Å². The summed E-state index contributed by atoms with van der Waals surface area (Å²) in [6, 6.07) is 9.14. The Morgan fingerprint density at radius 3 is 2.43 bits per heavy atom. The lowest BCUT2D eigenvalue weighted by Crippen LogP contribution is -2.52. The number of nitrogens with one attached hydrogen (secondary N) is 1. The average molecular weight is 309 g/mol. The van der Waals surface area contributed by atoms with E-state index in [1.165, 1.54) is 11.1 Å². The predicted molar refractivity (Wildman–Crippen MR) is 84.0 cm³/mol. The van der Waals surface area contributed by atoms with E-state index in [9.17, 15) is 8.42 Å². The Labute approximate surface area is 127 Å². The molecule has 1 atom stereocenters. The third-order valence-electron chi connectivity index (χ3n) is 4.42. The smallest absolute Gasteiger partial charge is 0.153 e. The summed E-state index contributed by atoms with van der Waals surface area (Å²) in [5.41, 5.74) is 2.88. The van der Waals surface area contributed by atoms with Crippen LogP contribution in [-0.4, -0.2) is 62.9 Å². The molecule has 1 aromatic carbocycles. The molecule has 1 fully saturated rings. The van der Waals surface area contributed by atoms with Crippen molar-refractivity contribution >= 4 is 10.7 Å². The van der Waals surface area contributed by atoms with E-state index in [-0.39, 0.29) is 5.88 Å². The summed E-state index contributed by atoms with van der Waals surface area (Å²) in [6.45, 7) is 5.63. The van der Waals surface area contributed by atoms with Crippen molar-refractivity contribution in [3.05, 3.63) is 35.4 Å². The van der Waals surface area contributed by atoms with Crippen LogP contribution in [0.3, 0.4) is 0 Å². The number of rotatable bonds is 4. The lowest BCUT2D eigenvalue weighted by atomic mass is 9.95. The van der Waals surface area contributed by atoms with Gasteiger partial charge in [-0.05, 0) is 17.5 Å². The average Bonchev–Trinajstić information content (AvgIpc) is 2.49. The SMILES string of the molecule is O=[SH](=O)CN1CCN(C[C@@H]2Cc3ccccc3CN2)CC1. The van der Waals surface area contributed by atoms with E-state index in [2.05, 4.69) is 34.5 Å². The minimum atomic E-state index is -2.29. The third kappa shape index (κ3) is 4.03. The summed E-state index contributed by atoms with van der Waals surface area (Å²) < 4.78 is 21.5. The summed E-state index contributed by atoms with van der Waals surface area (Å²) in [6.07, 6.45) is 1.09. The van der Waals surface area contributed by atoms with Crippen LogP contribution in [0.25, 0.3) is 0 Å². The number of thiol groups is 1. The largest absolute Gasteiger partial charge is 0.308 e. The molecule has 1 aromatic rings. The highest BCUT2D eigenvalue weighted by atomic mass is 32.2. The molecule has 0 amide bonds. The van der Waals surface area contributed by atoms with Crippen LogP contribution >= 0.6 is 0 Å². The van der Waals surface area contributed by atoms with Crippen molar-refractivity contribution in [2.75, 3.05) is 38.6 Å². The lowest BCUT2D eigenvalue weighted by molar-refractivity contribution is 0.135. The molecule has 0 aliphatic carbocycles. The molecule has 2 aliphatic heterocycles. The normalized spacial score (nSPS) is 24.1. The Hall–Kier alpha value is -0.950. The first-order valence-corrected chi connectivity index (χ1v) is 8.93. The van der Waals surface area contributed by atoms with Gasteiger partial charge >= 0.3 is 0 Å². The van der Waals surface area contributed by atoms with Crippen molar-refractivity contribution in [2.24, 2.45) is 0 Å². The van der Waals surface area contributed by atoms with Crippen molar-refractivity contribution in [1.82, 2.24) is 15.1 Å². The van der Waals surface area contributed by atoms with E-state index in [0.717, 1.165) is 45.7 Å². The zero-order valence-electron chi connectivity index (χ0n) is 12.2. The van der Waals surface area contributed by atoms with Crippen LogP contribution in [0.15, 0.2) is 24.3 Å². The molecule has 5 nitrogen and oxygen atoms in total. The monoisotopic (exact) mass is 309 g/mol. The van der Waals surface area contributed by atoms with Crippen LogP contribution in [0.1, 0.15) is 11.1 Å². The van der Waals surface area contributed by atoms with Gasteiger partial charge in [0.1, 0.15) is 0 Å². The number of piperazine rings is 1. The minimum Gasteiger partial charge on any atom is -0.308 e. The molecule has 0 saturated carbocycles. The Bertz CT molecular complexity index is 546.